The average Bonchev–Trinajstić information content (AvgIpc) is 3.33. The summed E-state index contributed by atoms with van der Waals surface area (Å²) in [4.78, 5) is 15.3. The number of fused-ring (bicyclic) bond motifs is 2. The third-order valence-electron chi connectivity index (χ3n) is 5.89. The van der Waals surface area contributed by atoms with Gasteiger partial charge in [0, 0.05) is 31.5 Å². The molecular weight excluding hydrogens is 328 g/mol. The molecule has 1 unspecified atom stereocenters. The van der Waals surface area contributed by atoms with Gasteiger partial charge in [-0.15, -0.1) is 10.2 Å². The van der Waals surface area contributed by atoms with Crippen LogP contribution < -0.4 is 4.74 Å². The number of aromatic nitrogens is 3. The first-order chi connectivity index (χ1) is 12.8. The molecule has 2 aromatic rings. The Morgan fingerprint density at radius 1 is 1.08 bits per heavy atom. The molecule has 0 N–H and O–H groups in total. The lowest BCUT2D eigenvalue weighted by Crippen LogP contribution is -2.40. The highest BCUT2D eigenvalue weighted by Crippen LogP contribution is 2.34. The summed E-state index contributed by atoms with van der Waals surface area (Å²) in [5, 5.41) is 8.91. The standard InChI is InChI=1S/C20H24N4O2/c25-20(15-7-8-17-14(13-15)9-12-26-17)23-10-3-1-5-16(23)19-22-21-18-6-2-4-11-24(18)19/h7-8,13,16H,1-6,9-12H2. The molecule has 0 aliphatic carbocycles. The van der Waals surface area contributed by atoms with Crippen molar-refractivity contribution in [3.8, 4) is 5.75 Å². The van der Waals surface area contributed by atoms with Gasteiger partial charge in [0.25, 0.3) is 5.91 Å². The van der Waals surface area contributed by atoms with E-state index in [1.807, 2.05) is 23.1 Å². The van der Waals surface area contributed by atoms with Crippen molar-refractivity contribution in [3.05, 3.63) is 41.0 Å². The number of likely N-dealkylation sites (tertiary alicyclic amines) is 1. The number of rotatable bonds is 2. The van der Waals surface area contributed by atoms with E-state index >= 15 is 0 Å². The monoisotopic (exact) mass is 352 g/mol. The van der Waals surface area contributed by atoms with Crippen LogP contribution >= 0.6 is 0 Å². The van der Waals surface area contributed by atoms with Crippen molar-refractivity contribution in [2.75, 3.05) is 13.2 Å². The SMILES string of the molecule is O=C(c1ccc2c(c1)CCO2)N1CCCCC1c1nnc2n1CCCC2. The minimum absolute atomic E-state index is 0.0418. The summed E-state index contributed by atoms with van der Waals surface area (Å²) < 4.78 is 7.83. The molecular formula is C20H24N4O2. The molecule has 26 heavy (non-hydrogen) atoms. The summed E-state index contributed by atoms with van der Waals surface area (Å²) in [7, 11) is 0. The van der Waals surface area contributed by atoms with E-state index in [1.165, 1.54) is 12.8 Å². The molecule has 1 saturated heterocycles. The zero-order valence-electron chi connectivity index (χ0n) is 15.0. The molecule has 6 heteroatoms. The number of amides is 1. The summed E-state index contributed by atoms with van der Waals surface area (Å²) in [5.41, 5.74) is 1.91. The summed E-state index contributed by atoms with van der Waals surface area (Å²) in [6, 6.07) is 5.89. The lowest BCUT2D eigenvalue weighted by molar-refractivity contribution is 0.0593. The number of piperidine rings is 1. The fourth-order valence-corrected chi connectivity index (χ4v) is 4.51. The molecule has 1 aromatic carbocycles. The average molecular weight is 352 g/mol. The van der Waals surface area contributed by atoms with Gasteiger partial charge >= 0.3 is 0 Å². The normalized spacial score (nSPS) is 21.8. The number of nitrogens with zero attached hydrogens (tertiary/aromatic N) is 4. The van der Waals surface area contributed by atoms with Crippen LogP contribution in [0, 0.1) is 0 Å². The van der Waals surface area contributed by atoms with E-state index in [0.717, 1.165) is 73.7 Å². The second kappa shape index (κ2) is 6.41. The number of hydrogen-bond donors (Lipinski definition) is 0. The quantitative estimate of drug-likeness (QED) is 0.834. The molecule has 0 bridgehead atoms. The van der Waals surface area contributed by atoms with E-state index in [1.54, 1.807) is 0 Å². The molecule has 1 atom stereocenters. The molecule has 6 nitrogen and oxygen atoms in total. The van der Waals surface area contributed by atoms with Gasteiger partial charge in [0.15, 0.2) is 5.82 Å². The summed E-state index contributed by atoms with van der Waals surface area (Å²) >= 11 is 0. The maximum absolute atomic E-state index is 13.3. The molecule has 1 aromatic heterocycles. The molecule has 1 fully saturated rings. The number of aryl methyl sites for hydroxylation is 1. The van der Waals surface area contributed by atoms with E-state index in [4.69, 9.17) is 4.74 Å². The van der Waals surface area contributed by atoms with Crippen molar-refractivity contribution in [1.29, 1.82) is 0 Å². The van der Waals surface area contributed by atoms with Crippen LogP contribution in [0.5, 0.6) is 5.75 Å². The van der Waals surface area contributed by atoms with Gasteiger partial charge in [-0.05, 0) is 55.9 Å². The fourth-order valence-electron chi connectivity index (χ4n) is 4.51. The van der Waals surface area contributed by atoms with Crippen LogP contribution in [-0.4, -0.2) is 38.7 Å². The Hall–Kier alpha value is -2.37. The number of carbonyl (C=O) groups excluding carboxylic acids is 1. The second-order valence-corrected chi connectivity index (χ2v) is 7.51. The second-order valence-electron chi connectivity index (χ2n) is 7.51. The van der Waals surface area contributed by atoms with Crippen molar-refractivity contribution >= 4 is 5.91 Å². The largest absolute Gasteiger partial charge is 0.493 e. The summed E-state index contributed by atoms with van der Waals surface area (Å²) in [6.45, 7) is 2.48. The van der Waals surface area contributed by atoms with Gasteiger partial charge in [-0.3, -0.25) is 4.79 Å². The van der Waals surface area contributed by atoms with Crippen LogP contribution in [0.15, 0.2) is 18.2 Å². The van der Waals surface area contributed by atoms with E-state index in [9.17, 15) is 4.79 Å². The van der Waals surface area contributed by atoms with Gasteiger partial charge in [-0.25, -0.2) is 0 Å². The van der Waals surface area contributed by atoms with E-state index < -0.39 is 0 Å². The fraction of sp³-hybridized carbons (Fsp3) is 0.550. The Morgan fingerprint density at radius 2 is 2.00 bits per heavy atom. The molecule has 4 heterocycles. The highest BCUT2D eigenvalue weighted by molar-refractivity contribution is 5.95. The molecule has 1 amide bonds. The summed E-state index contributed by atoms with van der Waals surface area (Å²) in [5.74, 6) is 3.09. The van der Waals surface area contributed by atoms with Gasteiger partial charge in [0.05, 0.1) is 12.6 Å². The van der Waals surface area contributed by atoms with Gasteiger partial charge in [-0.1, -0.05) is 0 Å². The van der Waals surface area contributed by atoms with Crippen LogP contribution in [0.4, 0.5) is 0 Å². The number of ether oxygens (including phenoxy) is 1. The predicted octanol–water partition coefficient (Wildman–Crippen LogP) is 2.92. The van der Waals surface area contributed by atoms with Crippen LogP contribution in [-0.2, 0) is 19.4 Å². The zero-order chi connectivity index (χ0) is 17.5. The Labute approximate surface area is 153 Å². The zero-order valence-corrected chi connectivity index (χ0v) is 15.0. The van der Waals surface area contributed by atoms with Crippen LogP contribution in [0.25, 0.3) is 0 Å². The minimum atomic E-state index is 0.0418. The third kappa shape index (κ3) is 2.59. The van der Waals surface area contributed by atoms with E-state index in [-0.39, 0.29) is 11.9 Å². The number of hydrogen-bond acceptors (Lipinski definition) is 4. The Bertz CT molecular complexity index is 844. The first kappa shape index (κ1) is 15.9. The van der Waals surface area contributed by atoms with Crippen molar-refractivity contribution in [3.63, 3.8) is 0 Å². The first-order valence-electron chi connectivity index (χ1n) is 9.80. The summed E-state index contributed by atoms with van der Waals surface area (Å²) in [6.07, 6.45) is 7.39. The number of carbonyl (C=O) groups is 1. The molecule has 136 valence electrons. The van der Waals surface area contributed by atoms with Crippen LogP contribution in [0.3, 0.4) is 0 Å². The molecule has 5 rings (SSSR count). The van der Waals surface area contributed by atoms with E-state index in [0.29, 0.717) is 6.61 Å². The van der Waals surface area contributed by atoms with Gasteiger partial charge < -0.3 is 14.2 Å². The Morgan fingerprint density at radius 3 is 2.96 bits per heavy atom. The maximum atomic E-state index is 13.3. The predicted molar refractivity (Wildman–Crippen MR) is 96.2 cm³/mol. The highest BCUT2D eigenvalue weighted by atomic mass is 16.5. The Kier molecular flexibility index (Phi) is 3.91. The number of benzene rings is 1. The first-order valence-corrected chi connectivity index (χ1v) is 9.80. The molecule has 0 saturated carbocycles. The Balaban J connectivity index is 1.46. The minimum Gasteiger partial charge on any atom is -0.493 e. The van der Waals surface area contributed by atoms with Crippen molar-refractivity contribution in [1.82, 2.24) is 19.7 Å². The molecule has 3 aliphatic heterocycles. The van der Waals surface area contributed by atoms with E-state index in [2.05, 4.69) is 14.8 Å². The lowest BCUT2D eigenvalue weighted by atomic mass is 9.99. The van der Waals surface area contributed by atoms with Crippen LogP contribution in [0.1, 0.15) is 65.7 Å². The lowest BCUT2D eigenvalue weighted by Gasteiger charge is -2.35. The molecule has 3 aliphatic rings. The van der Waals surface area contributed by atoms with Gasteiger partial charge in [0.2, 0.25) is 0 Å². The van der Waals surface area contributed by atoms with Crippen molar-refractivity contribution in [2.45, 2.75) is 57.5 Å². The topological polar surface area (TPSA) is 60.2 Å². The smallest absolute Gasteiger partial charge is 0.254 e. The van der Waals surface area contributed by atoms with Gasteiger partial charge in [0.1, 0.15) is 11.6 Å². The third-order valence-corrected chi connectivity index (χ3v) is 5.89. The van der Waals surface area contributed by atoms with Crippen molar-refractivity contribution in [2.24, 2.45) is 0 Å². The molecule has 0 spiro atoms. The van der Waals surface area contributed by atoms with Crippen molar-refractivity contribution < 1.29 is 9.53 Å². The van der Waals surface area contributed by atoms with Gasteiger partial charge in [-0.2, -0.15) is 0 Å². The highest BCUT2D eigenvalue weighted by Gasteiger charge is 2.33. The molecule has 0 radical (unpaired) electrons. The maximum Gasteiger partial charge on any atom is 0.254 e. The van der Waals surface area contributed by atoms with Crippen LogP contribution in [0.2, 0.25) is 0 Å².